The largest absolute Gasteiger partial charge is 0.444 e. The van der Waals surface area contributed by atoms with Crippen LogP contribution in [0.25, 0.3) is 0 Å². The van der Waals surface area contributed by atoms with E-state index >= 15 is 0 Å². The molecule has 0 aromatic carbocycles. The molecule has 4 rings (SSSR count). The van der Waals surface area contributed by atoms with Crippen molar-refractivity contribution in [3.8, 4) is 0 Å². The Morgan fingerprint density at radius 1 is 1.08 bits per heavy atom. The van der Waals surface area contributed by atoms with E-state index in [0.717, 1.165) is 0 Å². The van der Waals surface area contributed by atoms with Gasteiger partial charge < -0.3 is 25.0 Å². The first-order valence-corrected chi connectivity index (χ1v) is 14.5. The van der Waals surface area contributed by atoms with E-state index in [2.05, 4.69) is 10.6 Å². The van der Waals surface area contributed by atoms with E-state index in [1.54, 1.807) is 27.7 Å². The number of alkyl carbamates (subject to hydrolysis) is 1. The highest BCUT2D eigenvalue weighted by Gasteiger charge is 2.55. The molecule has 0 spiro atoms. The Hall–Kier alpha value is -2.45. The minimum atomic E-state index is -4.32. The Morgan fingerprint density at radius 3 is 2.32 bits per heavy atom. The minimum Gasteiger partial charge on any atom is -0.444 e. The molecule has 2 saturated carbocycles. The molecule has 2 saturated heterocycles. The highest BCUT2D eigenvalue weighted by molar-refractivity contribution is 7.85. The van der Waals surface area contributed by atoms with Crippen molar-refractivity contribution in [2.45, 2.75) is 102 Å². The zero-order chi connectivity index (χ0) is 27.9. The summed E-state index contributed by atoms with van der Waals surface area (Å²) in [7, 11) is -4.32. The maximum Gasteiger partial charge on any atom is 0.408 e. The molecule has 0 bridgehead atoms. The molecule has 38 heavy (non-hydrogen) atoms. The average Bonchev–Trinajstić information content (AvgIpc) is 3.56. The Kier molecular flexibility index (Phi) is 7.71. The van der Waals surface area contributed by atoms with E-state index in [4.69, 9.17) is 13.7 Å². The van der Waals surface area contributed by atoms with Crippen molar-refractivity contribution >= 4 is 34.1 Å². The van der Waals surface area contributed by atoms with Crippen molar-refractivity contribution in [2.24, 2.45) is 5.41 Å². The predicted molar refractivity (Wildman–Crippen MR) is 133 cm³/mol. The summed E-state index contributed by atoms with van der Waals surface area (Å²) in [5.41, 5.74) is -2.86. The summed E-state index contributed by atoms with van der Waals surface area (Å²) in [5.74, 6) is -1.84. The number of carbonyl (C=O) groups excluding carboxylic acids is 4. The Balaban J connectivity index is 1.38. The summed E-state index contributed by atoms with van der Waals surface area (Å²) in [6, 6.07) is -1.83. The molecule has 0 unspecified atom stereocenters. The van der Waals surface area contributed by atoms with Gasteiger partial charge in [-0.2, -0.15) is 8.42 Å². The van der Waals surface area contributed by atoms with E-state index < -0.39 is 62.8 Å². The summed E-state index contributed by atoms with van der Waals surface area (Å²) in [6.45, 7) is 8.14. The molecule has 0 aromatic heterocycles. The summed E-state index contributed by atoms with van der Waals surface area (Å²) < 4.78 is 42.0. The van der Waals surface area contributed by atoms with Crippen LogP contribution in [0.1, 0.15) is 72.6 Å². The smallest absolute Gasteiger partial charge is 0.408 e. The fourth-order valence-corrected chi connectivity index (χ4v) is 5.80. The lowest BCUT2D eigenvalue weighted by molar-refractivity contribution is -0.142. The standard InChI is InChI=1S/C24H38N4O9S/c1-22(2,3)17(25-21(32)36-15-7-13-35-14-15)19(30)28-12-5-6-16(28)18(29)26-24(10-11-24)20(31)27-38(33,34)37-23(4)8-9-23/h15-17H,5-14H2,1-4H3,(H,25,32)(H,26,29)(H,27,31)/t15-,16-,17+/m0/s1. The maximum atomic E-state index is 13.6. The molecule has 0 aromatic rings. The monoisotopic (exact) mass is 558 g/mol. The van der Waals surface area contributed by atoms with Gasteiger partial charge in [0.05, 0.1) is 18.8 Å². The van der Waals surface area contributed by atoms with Crippen molar-refractivity contribution < 1.29 is 41.3 Å². The van der Waals surface area contributed by atoms with Gasteiger partial charge in [0, 0.05) is 13.0 Å². The quantitative estimate of drug-likeness (QED) is 0.364. The van der Waals surface area contributed by atoms with Gasteiger partial charge in [0.2, 0.25) is 11.8 Å². The molecule has 2 aliphatic heterocycles. The Bertz CT molecular complexity index is 1070. The summed E-state index contributed by atoms with van der Waals surface area (Å²) in [6.07, 6.45) is 2.09. The fraction of sp³-hybridized carbons (Fsp3) is 0.833. The van der Waals surface area contributed by atoms with Gasteiger partial charge in [0.25, 0.3) is 5.91 Å². The van der Waals surface area contributed by atoms with Crippen LogP contribution in [0.5, 0.6) is 0 Å². The second-order valence-electron chi connectivity index (χ2n) is 12.0. The van der Waals surface area contributed by atoms with Crippen molar-refractivity contribution in [3.05, 3.63) is 0 Å². The van der Waals surface area contributed by atoms with E-state index in [1.165, 1.54) is 4.90 Å². The number of carbonyl (C=O) groups is 4. The molecule has 214 valence electrons. The van der Waals surface area contributed by atoms with Crippen LogP contribution in [0.3, 0.4) is 0 Å². The molecular weight excluding hydrogens is 520 g/mol. The summed E-state index contributed by atoms with van der Waals surface area (Å²) >= 11 is 0. The summed E-state index contributed by atoms with van der Waals surface area (Å²) in [5, 5.41) is 5.33. The van der Waals surface area contributed by atoms with Crippen molar-refractivity contribution in [3.63, 3.8) is 0 Å². The van der Waals surface area contributed by atoms with Crippen molar-refractivity contribution in [1.82, 2.24) is 20.3 Å². The number of hydrogen-bond donors (Lipinski definition) is 3. The van der Waals surface area contributed by atoms with Gasteiger partial charge in [0.1, 0.15) is 23.7 Å². The third-order valence-corrected chi connectivity index (χ3v) is 8.46. The van der Waals surface area contributed by atoms with Crippen LogP contribution >= 0.6 is 0 Å². The van der Waals surface area contributed by atoms with Crippen LogP contribution in [0.4, 0.5) is 4.79 Å². The zero-order valence-electron chi connectivity index (χ0n) is 22.3. The predicted octanol–water partition coefficient (Wildman–Crippen LogP) is 0.486. The summed E-state index contributed by atoms with van der Waals surface area (Å²) in [4.78, 5) is 53.6. The average molecular weight is 559 g/mol. The molecule has 14 heteroatoms. The van der Waals surface area contributed by atoms with Crippen LogP contribution in [-0.4, -0.2) is 86.2 Å². The topological polar surface area (TPSA) is 169 Å². The fourth-order valence-electron chi connectivity index (χ4n) is 4.64. The molecule has 4 fully saturated rings. The third-order valence-electron chi connectivity index (χ3n) is 7.41. The van der Waals surface area contributed by atoms with Crippen molar-refractivity contribution in [2.75, 3.05) is 19.8 Å². The molecule has 0 radical (unpaired) electrons. The minimum absolute atomic E-state index is 0.265. The molecule has 3 atom stereocenters. The molecule has 2 heterocycles. The Morgan fingerprint density at radius 2 is 1.76 bits per heavy atom. The van der Waals surface area contributed by atoms with Gasteiger partial charge >= 0.3 is 16.4 Å². The van der Waals surface area contributed by atoms with Gasteiger partial charge in [0.15, 0.2) is 0 Å². The number of ether oxygens (including phenoxy) is 2. The first-order chi connectivity index (χ1) is 17.6. The van der Waals surface area contributed by atoms with E-state index in [0.29, 0.717) is 51.9 Å². The first kappa shape index (κ1) is 28.6. The number of nitrogens with zero attached hydrogens (tertiary/aromatic N) is 1. The van der Waals surface area contributed by atoms with Gasteiger partial charge in [-0.25, -0.2) is 13.7 Å². The lowest BCUT2D eigenvalue weighted by Gasteiger charge is -2.35. The molecule has 2 aliphatic carbocycles. The van der Waals surface area contributed by atoms with E-state index in [9.17, 15) is 27.6 Å². The van der Waals surface area contributed by atoms with Gasteiger partial charge in [-0.15, -0.1) is 0 Å². The molecule has 3 N–H and O–H groups in total. The third kappa shape index (κ3) is 6.75. The number of amides is 4. The highest BCUT2D eigenvalue weighted by atomic mass is 32.2. The van der Waals surface area contributed by atoms with Crippen molar-refractivity contribution in [1.29, 1.82) is 0 Å². The second kappa shape index (κ2) is 10.3. The van der Waals surface area contributed by atoms with Crippen LogP contribution < -0.4 is 15.4 Å². The molecule has 4 amide bonds. The lowest BCUT2D eigenvalue weighted by atomic mass is 9.85. The molecule has 4 aliphatic rings. The number of nitrogens with one attached hydrogen (secondary N) is 3. The molecular formula is C24H38N4O9S. The lowest BCUT2D eigenvalue weighted by Crippen LogP contribution is -2.60. The SMILES string of the molecule is CC1(OS(=O)(=O)NC(=O)C2(NC(=O)[C@@H]3CCCN3C(=O)[C@@H](NC(=O)O[C@H]3CCOC3)C(C)(C)C)CC2)CC1. The zero-order valence-corrected chi connectivity index (χ0v) is 23.1. The highest BCUT2D eigenvalue weighted by Crippen LogP contribution is 2.41. The second-order valence-corrected chi connectivity index (χ2v) is 13.3. The maximum absolute atomic E-state index is 13.6. The Labute approximate surface area is 222 Å². The van der Waals surface area contributed by atoms with Gasteiger partial charge in [-0.3, -0.25) is 14.4 Å². The van der Waals surface area contributed by atoms with Crippen LogP contribution in [0, 0.1) is 5.41 Å². The van der Waals surface area contributed by atoms with E-state index in [-0.39, 0.29) is 18.9 Å². The normalized spacial score (nSPS) is 26.3. The van der Waals surface area contributed by atoms with E-state index in [1.807, 2.05) is 4.72 Å². The number of likely N-dealkylation sites (tertiary alicyclic amines) is 1. The van der Waals surface area contributed by atoms with Crippen LogP contribution in [0.2, 0.25) is 0 Å². The number of rotatable bonds is 9. The first-order valence-electron chi connectivity index (χ1n) is 13.1. The van der Waals surface area contributed by atoms with Gasteiger partial charge in [-0.1, -0.05) is 20.8 Å². The van der Waals surface area contributed by atoms with Crippen LogP contribution in [-0.2, 0) is 38.3 Å². The van der Waals surface area contributed by atoms with Gasteiger partial charge in [-0.05, 0) is 50.9 Å². The van der Waals surface area contributed by atoms with Crippen LogP contribution in [0.15, 0.2) is 0 Å². The number of hydrogen-bond acceptors (Lipinski definition) is 9. The molecule has 13 nitrogen and oxygen atoms in total.